The van der Waals surface area contributed by atoms with Crippen LogP contribution >= 0.6 is 23.2 Å². The van der Waals surface area contributed by atoms with Crippen LogP contribution in [0.4, 0.5) is 0 Å². The highest BCUT2D eigenvalue weighted by Gasteiger charge is 2.36. The van der Waals surface area contributed by atoms with Crippen molar-refractivity contribution in [2.45, 2.75) is 44.7 Å². The van der Waals surface area contributed by atoms with E-state index in [0.29, 0.717) is 16.1 Å². The summed E-state index contributed by atoms with van der Waals surface area (Å²) in [4.78, 5) is 2.58. The number of benzene rings is 1. The van der Waals surface area contributed by atoms with E-state index in [0.717, 1.165) is 12.0 Å². The summed E-state index contributed by atoms with van der Waals surface area (Å²) in [6.07, 6.45) is 3.50. The lowest BCUT2D eigenvalue weighted by Gasteiger charge is -2.42. The number of hydrogen-bond donors (Lipinski definition) is 1. The van der Waals surface area contributed by atoms with Gasteiger partial charge in [0.05, 0.1) is 10.0 Å². The van der Waals surface area contributed by atoms with Crippen LogP contribution in [0.5, 0.6) is 0 Å². The topological polar surface area (TPSA) is 15.3 Å². The Kier molecular flexibility index (Phi) is 5.36. The summed E-state index contributed by atoms with van der Waals surface area (Å²) in [6.45, 7) is 7.01. The van der Waals surface area contributed by atoms with Crippen molar-refractivity contribution in [3.05, 3.63) is 33.8 Å². The van der Waals surface area contributed by atoms with Gasteiger partial charge in [0.15, 0.2) is 0 Å². The zero-order chi connectivity index (χ0) is 14.8. The predicted octanol–water partition coefficient (Wildman–Crippen LogP) is 4.00. The summed E-state index contributed by atoms with van der Waals surface area (Å²) < 4.78 is 0. The highest BCUT2D eigenvalue weighted by molar-refractivity contribution is 6.42. The highest BCUT2D eigenvalue weighted by Crippen LogP contribution is 2.30. The van der Waals surface area contributed by atoms with Crippen LogP contribution in [0.25, 0.3) is 0 Å². The number of likely N-dealkylation sites (N-methyl/N-ethyl adjacent to an activating group) is 1. The number of nitrogens with one attached hydrogen (secondary N) is 1. The molecule has 1 atom stereocenters. The molecule has 1 N–H and O–H groups in total. The first-order valence-corrected chi connectivity index (χ1v) is 8.07. The summed E-state index contributed by atoms with van der Waals surface area (Å²) in [5, 5.41) is 4.79. The molecule has 1 aromatic rings. The molecule has 2 nitrogen and oxygen atoms in total. The zero-order valence-electron chi connectivity index (χ0n) is 12.5. The van der Waals surface area contributed by atoms with Crippen LogP contribution in [0.2, 0.25) is 10.0 Å². The Hall–Kier alpha value is -0.280. The van der Waals surface area contributed by atoms with E-state index in [9.17, 15) is 0 Å². The largest absolute Gasteiger partial charge is 0.315 e. The second kappa shape index (κ2) is 6.65. The van der Waals surface area contributed by atoms with E-state index in [-0.39, 0.29) is 5.54 Å². The van der Waals surface area contributed by atoms with Gasteiger partial charge in [0.1, 0.15) is 0 Å². The van der Waals surface area contributed by atoms with Gasteiger partial charge in [-0.2, -0.15) is 0 Å². The third-order valence-corrected chi connectivity index (χ3v) is 5.44. The normalized spacial score (nSPS) is 18.4. The van der Waals surface area contributed by atoms with Crippen molar-refractivity contribution in [2.24, 2.45) is 0 Å². The summed E-state index contributed by atoms with van der Waals surface area (Å²) in [5.74, 6) is 0. The smallest absolute Gasteiger partial charge is 0.0624 e. The van der Waals surface area contributed by atoms with Crippen molar-refractivity contribution in [2.75, 3.05) is 20.1 Å². The molecule has 20 heavy (non-hydrogen) atoms. The van der Waals surface area contributed by atoms with Crippen LogP contribution in [0.3, 0.4) is 0 Å². The molecule has 0 radical (unpaired) electrons. The van der Waals surface area contributed by atoms with E-state index in [4.69, 9.17) is 23.2 Å². The lowest BCUT2D eigenvalue weighted by atomic mass is 9.87. The maximum Gasteiger partial charge on any atom is 0.0624 e. The van der Waals surface area contributed by atoms with Gasteiger partial charge in [-0.05, 0) is 64.9 Å². The van der Waals surface area contributed by atoms with Crippen molar-refractivity contribution >= 4 is 23.2 Å². The van der Waals surface area contributed by atoms with E-state index in [1.165, 1.54) is 25.9 Å². The molecular weight excluding hydrogens is 291 g/mol. The van der Waals surface area contributed by atoms with E-state index < -0.39 is 0 Å². The molecule has 0 saturated carbocycles. The molecule has 1 aliphatic heterocycles. The molecule has 0 bridgehead atoms. The van der Waals surface area contributed by atoms with Crippen LogP contribution in [0.1, 0.15) is 32.3 Å². The summed E-state index contributed by atoms with van der Waals surface area (Å²) in [5.41, 5.74) is 1.22. The molecule has 1 aliphatic rings. The third kappa shape index (κ3) is 3.30. The fourth-order valence-corrected chi connectivity index (χ4v) is 3.54. The molecule has 0 aliphatic carbocycles. The molecule has 112 valence electrons. The Morgan fingerprint density at radius 2 is 1.90 bits per heavy atom. The minimum atomic E-state index is 0.108. The minimum absolute atomic E-state index is 0.108. The second-order valence-electron chi connectivity index (χ2n) is 6.11. The van der Waals surface area contributed by atoms with Gasteiger partial charge in [-0.1, -0.05) is 35.3 Å². The molecule has 1 aromatic carbocycles. The molecule has 0 amide bonds. The van der Waals surface area contributed by atoms with Crippen molar-refractivity contribution in [3.8, 4) is 0 Å². The maximum atomic E-state index is 6.33. The third-order valence-electron chi connectivity index (χ3n) is 4.58. The Labute approximate surface area is 132 Å². The maximum absolute atomic E-state index is 6.33. The Morgan fingerprint density at radius 1 is 1.25 bits per heavy atom. The fraction of sp³-hybridized carbons (Fsp3) is 0.625. The number of likely N-dealkylation sites (tertiary alicyclic amines) is 1. The van der Waals surface area contributed by atoms with E-state index in [1.807, 2.05) is 19.2 Å². The van der Waals surface area contributed by atoms with Gasteiger partial charge < -0.3 is 5.32 Å². The first-order valence-electron chi connectivity index (χ1n) is 7.32. The van der Waals surface area contributed by atoms with Crippen molar-refractivity contribution in [1.29, 1.82) is 0 Å². The Balaban J connectivity index is 2.17. The summed E-state index contributed by atoms with van der Waals surface area (Å²) in [6, 6.07) is 6.22. The molecule has 0 aromatic heterocycles. The van der Waals surface area contributed by atoms with Gasteiger partial charge in [0.2, 0.25) is 0 Å². The highest BCUT2D eigenvalue weighted by atomic mass is 35.5. The Morgan fingerprint density at radius 3 is 2.50 bits per heavy atom. The molecule has 1 saturated heterocycles. The SMILES string of the molecule is CNC(Cc1cccc(Cl)c1Cl)C(C)(C)N1CCCC1. The monoisotopic (exact) mass is 314 g/mol. The standard InChI is InChI=1S/C16H24Cl2N2/c1-16(2,20-9-4-5-10-20)14(19-3)11-12-7-6-8-13(17)15(12)18/h6-8,14,19H,4-5,9-11H2,1-3H3. The minimum Gasteiger partial charge on any atom is -0.315 e. The molecule has 0 spiro atoms. The molecule has 1 unspecified atom stereocenters. The van der Waals surface area contributed by atoms with Crippen molar-refractivity contribution in [3.63, 3.8) is 0 Å². The van der Waals surface area contributed by atoms with Gasteiger partial charge in [0.25, 0.3) is 0 Å². The number of hydrogen-bond acceptors (Lipinski definition) is 2. The van der Waals surface area contributed by atoms with Gasteiger partial charge in [-0.3, -0.25) is 4.90 Å². The van der Waals surface area contributed by atoms with Gasteiger partial charge in [-0.15, -0.1) is 0 Å². The number of rotatable bonds is 5. The lowest BCUT2D eigenvalue weighted by Crippen LogP contribution is -2.57. The van der Waals surface area contributed by atoms with E-state index in [2.05, 4.69) is 30.1 Å². The first-order chi connectivity index (χ1) is 9.46. The van der Waals surface area contributed by atoms with E-state index in [1.54, 1.807) is 0 Å². The number of nitrogens with zero attached hydrogens (tertiary/aromatic N) is 1. The van der Waals surface area contributed by atoms with Crippen LogP contribution in [-0.2, 0) is 6.42 Å². The first kappa shape index (κ1) is 16.1. The van der Waals surface area contributed by atoms with Crippen LogP contribution in [-0.4, -0.2) is 36.6 Å². The van der Waals surface area contributed by atoms with E-state index >= 15 is 0 Å². The van der Waals surface area contributed by atoms with Crippen molar-refractivity contribution < 1.29 is 0 Å². The average Bonchev–Trinajstić information content (AvgIpc) is 2.95. The second-order valence-corrected chi connectivity index (χ2v) is 6.89. The number of halogens is 2. The predicted molar refractivity (Wildman–Crippen MR) is 87.9 cm³/mol. The van der Waals surface area contributed by atoms with Gasteiger partial charge in [0, 0.05) is 11.6 Å². The van der Waals surface area contributed by atoms with Gasteiger partial charge >= 0.3 is 0 Å². The lowest BCUT2D eigenvalue weighted by molar-refractivity contribution is 0.110. The molecule has 2 rings (SSSR count). The van der Waals surface area contributed by atoms with Crippen molar-refractivity contribution in [1.82, 2.24) is 10.2 Å². The molecule has 1 fully saturated rings. The fourth-order valence-electron chi connectivity index (χ4n) is 3.14. The summed E-state index contributed by atoms with van der Waals surface area (Å²) in [7, 11) is 2.03. The van der Waals surface area contributed by atoms with Crippen LogP contribution < -0.4 is 5.32 Å². The Bertz CT molecular complexity index is 454. The zero-order valence-corrected chi connectivity index (χ0v) is 14.1. The molecule has 1 heterocycles. The van der Waals surface area contributed by atoms with Crippen LogP contribution in [0, 0.1) is 0 Å². The van der Waals surface area contributed by atoms with Crippen LogP contribution in [0.15, 0.2) is 18.2 Å². The summed E-state index contributed by atoms with van der Waals surface area (Å²) >= 11 is 12.4. The quantitative estimate of drug-likeness (QED) is 0.883. The molecular formula is C16H24Cl2N2. The van der Waals surface area contributed by atoms with Gasteiger partial charge in [-0.25, -0.2) is 0 Å². The average molecular weight is 315 g/mol. The molecule has 4 heteroatoms.